The van der Waals surface area contributed by atoms with Crippen molar-refractivity contribution in [2.45, 2.75) is 6.42 Å². The number of pyridine rings is 1. The van der Waals surface area contributed by atoms with Crippen molar-refractivity contribution in [3.8, 4) is 6.07 Å². The third kappa shape index (κ3) is 3.01. The highest BCUT2D eigenvalue weighted by Gasteiger charge is 2.16. The maximum atomic E-state index is 10.9. The Labute approximate surface area is 107 Å². The first-order valence-electron chi connectivity index (χ1n) is 5.24. The van der Waals surface area contributed by atoms with E-state index in [-0.39, 0.29) is 17.1 Å². The summed E-state index contributed by atoms with van der Waals surface area (Å²) in [6.07, 6.45) is 2.96. The van der Waals surface area contributed by atoms with Crippen LogP contribution in [-0.4, -0.2) is 26.6 Å². The fourth-order valence-electron chi connectivity index (χ4n) is 1.38. The lowest BCUT2D eigenvalue weighted by atomic mass is 10.2. The van der Waals surface area contributed by atoms with Gasteiger partial charge < -0.3 is 9.84 Å². The van der Waals surface area contributed by atoms with Gasteiger partial charge in [-0.3, -0.25) is 10.1 Å². The van der Waals surface area contributed by atoms with Gasteiger partial charge in [-0.1, -0.05) is 5.16 Å². The second-order valence-electron chi connectivity index (χ2n) is 3.47. The molecule has 96 valence electrons. The van der Waals surface area contributed by atoms with E-state index < -0.39 is 4.92 Å². The summed E-state index contributed by atoms with van der Waals surface area (Å²) in [4.78, 5) is 17.9. The first-order chi connectivity index (χ1) is 9.20. The summed E-state index contributed by atoms with van der Waals surface area (Å²) in [5, 5.41) is 25.8. The Hall–Kier alpha value is -3.02. The SMILES string of the molecule is N#Cc1cnc(NCCc2ncno2)c([N+](=O)[O-])c1. The number of nitriles is 1. The van der Waals surface area contributed by atoms with Crippen molar-refractivity contribution >= 4 is 11.5 Å². The zero-order valence-electron chi connectivity index (χ0n) is 9.61. The van der Waals surface area contributed by atoms with E-state index in [2.05, 4.69) is 20.4 Å². The molecular weight excluding hydrogens is 252 g/mol. The van der Waals surface area contributed by atoms with E-state index in [1.807, 2.05) is 0 Å². The number of nitro groups is 1. The Bertz CT molecular complexity index is 619. The van der Waals surface area contributed by atoms with Gasteiger partial charge in [-0.2, -0.15) is 10.2 Å². The monoisotopic (exact) mass is 260 g/mol. The zero-order chi connectivity index (χ0) is 13.7. The molecule has 0 aromatic carbocycles. The molecule has 9 nitrogen and oxygen atoms in total. The van der Waals surface area contributed by atoms with Gasteiger partial charge in [0.25, 0.3) is 0 Å². The van der Waals surface area contributed by atoms with E-state index in [4.69, 9.17) is 9.78 Å². The molecule has 0 spiro atoms. The third-order valence-corrected chi connectivity index (χ3v) is 2.23. The summed E-state index contributed by atoms with van der Waals surface area (Å²) in [6.45, 7) is 0.349. The molecule has 0 bridgehead atoms. The highest BCUT2D eigenvalue weighted by molar-refractivity contribution is 5.58. The van der Waals surface area contributed by atoms with Gasteiger partial charge in [-0.15, -0.1) is 0 Å². The Balaban J connectivity index is 2.07. The van der Waals surface area contributed by atoms with Crippen molar-refractivity contribution in [3.63, 3.8) is 0 Å². The molecule has 0 amide bonds. The number of nitrogens with one attached hydrogen (secondary N) is 1. The van der Waals surface area contributed by atoms with Crippen LogP contribution in [0.25, 0.3) is 0 Å². The van der Waals surface area contributed by atoms with Crippen LogP contribution in [-0.2, 0) is 6.42 Å². The fraction of sp³-hybridized carbons (Fsp3) is 0.200. The predicted molar refractivity (Wildman–Crippen MR) is 62.1 cm³/mol. The van der Waals surface area contributed by atoms with Gasteiger partial charge in [0.15, 0.2) is 6.33 Å². The van der Waals surface area contributed by atoms with Crippen LogP contribution >= 0.6 is 0 Å². The van der Waals surface area contributed by atoms with Crippen molar-refractivity contribution in [2.75, 3.05) is 11.9 Å². The summed E-state index contributed by atoms with van der Waals surface area (Å²) in [5.74, 6) is 0.521. The smallest absolute Gasteiger partial charge is 0.312 e. The Kier molecular flexibility index (Phi) is 3.63. The van der Waals surface area contributed by atoms with E-state index in [1.165, 1.54) is 18.6 Å². The molecule has 2 rings (SSSR count). The standard InChI is InChI=1S/C10H8N6O3/c11-4-7-3-8(16(17)18)10(13-5-7)12-2-1-9-14-6-15-19-9/h3,5-6H,1-2H2,(H,12,13). The summed E-state index contributed by atoms with van der Waals surface area (Å²) in [7, 11) is 0. The van der Waals surface area contributed by atoms with Crippen molar-refractivity contribution in [2.24, 2.45) is 0 Å². The topological polar surface area (TPSA) is 131 Å². The van der Waals surface area contributed by atoms with Crippen LogP contribution in [0.3, 0.4) is 0 Å². The van der Waals surface area contributed by atoms with Crippen LogP contribution in [0.15, 0.2) is 23.1 Å². The van der Waals surface area contributed by atoms with Crippen molar-refractivity contribution in [3.05, 3.63) is 40.2 Å². The van der Waals surface area contributed by atoms with Crippen LogP contribution in [0, 0.1) is 21.4 Å². The molecule has 2 heterocycles. The molecule has 1 N–H and O–H groups in total. The number of aromatic nitrogens is 3. The van der Waals surface area contributed by atoms with Crippen molar-refractivity contribution in [1.82, 2.24) is 15.1 Å². The minimum Gasteiger partial charge on any atom is -0.364 e. The second kappa shape index (κ2) is 5.54. The lowest BCUT2D eigenvalue weighted by molar-refractivity contribution is -0.384. The molecule has 19 heavy (non-hydrogen) atoms. The lowest BCUT2D eigenvalue weighted by Gasteiger charge is -2.04. The quantitative estimate of drug-likeness (QED) is 0.619. The summed E-state index contributed by atoms with van der Waals surface area (Å²) < 4.78 is 4.79. The molecule has 2 aromatic heterocycles. The molecule has 0 saturated heterocycles. The van der Waals surface area contributed by atoms with Crippen LogP contribution in [0.1, 0.15) is 11.5 Å². The predicted octanol–water partition coefficient (Wildman–Crippen LogP) is 0.899. The van der Waals surface area contributed by atoms with Gasteiger partial charge in [-0.05, 0) is 0 Å². The minimum absolute atomic E-state index is 0.100. The van der Waals surface area contributed by atoms with E-state index in [0.29, 0.717) is 18.9 Å². The van der Waals surface area contributed by atoms with E-state index in [1.54, 1.807) is 6.07 Å². The zero-order valence-corrected chi connectivity index (χ0v) is 9.61. The largest absolute Gasteiger partial charge is 0.364 e. The molecule has 0 aliphatic heterocycles. The van der Waals surface area contributed by atoms with Gasteiger partial charge in [0.2, 0.25) is 11.7 Å². The number of hydrogen-bond acceptors (Lipinski definition) is 8. The summed E-state index contributed by atoms with van der Waals surface area (Å²) >= 11 is 0. The Morgan fingerprint density at radius 2 is 2.37 bits per heavy atom. The van der Waals surface area contributed by atoms with Crippen molar-refractivity contribution in [1.29, 1.82) is 5.26 Å². The molecule has 0 saturated carbocycles. The van der Waals surface area contributed by atoms with Crippen LogP contribution in [0.4, 0.5) is 11.5 Å². The average Bonchev–Trinajstić information content (AvgIpc) is 2.92. The maximum absolute atomic E-state index is 10.9. The molecule has 2 aromatic rings. The van der Waals surface area contributed by atoms with E-state index >= 15 is 0 Å². The molecule has 0 fully saturated rings. The summed E-state index contributed by atoms with van der Waals surface area (Å²) in [6, 6.07) is 2.97. The van der Waals surface area contributed by atoms with E-state index in [9.17, 15) is 10.1 Å². The molecule has 0 aliphatic rings. The lowest BCUT2D eigenvalue weighted by Crippen LogP contribution is -2.09. The van der Waals surface area contributed by atoms with Crippen LogP contribution in [0.5, 0.6) is 0 Å². The number of anilines is 1. The average molecular weight is 260 g/mol. The molecule has 9 heteroatoms. The summed E-state index contributed by atoms with van der Waals surface area (Å²) in [5.41, 5.74) is -0.112. The second-order valence-corrected chi connectivity index (χ2v) is 3.47. The fourth-order valence-corrected chi connectivity index (χ4v) is 1.38. The van der Waals surface area contributed by atoms with Crippen molar-refractivity contribution < 1.29 is 9.45 Å². The van der Waals surface area contributed by atoms with Gasteiger partial charge in [0.05, 0.1) is 10.5 Å². The molecule has 0 unspecified atom stereocenters. The normalized spacial score (nSPS) is 9.84. The van der Waals surface area contributed by atoms with Crippen LogP contribution in [0.2, 0.25) is 0 Å². The Morgan fingerprint density at radius 3 is 3.00 bits per heavy atom. The maximum Gasteiger partial charge on any atom is 0.312 e. The van der Waals surface area contributed by atoms with Gasteiger partial charge in [0.1, 0.15) is 6.07 Å². The number of nitrogens with zero attached hydrogens (tertiary/aromatic N) is 5. The molecular formula is C10H8N6O3. The number of rotatable bonds is 5. The Morgan fingerprint density at radius 1 is 1.53 bits per heavy atom. The first kappa shape index (κ1) is 12.4. The van der Waals surface area contributed by atoms with E-state index in [0.717, 1.165) is 0 Å². The van der Waals surface area contributed by atoms with Crippen LogP contribution < -0.4 is 5.32 Å². The minimum atomic E-state index is -0.594. The first-order valence-corrected chi connectivity index (χ1v) is 5.24. The highest BCUT2D eigenvalue weighted by Crippen LogP contribution is 2.22. The van der Waals surface area contributed by atoms with Gasteiger partial charge >= 0.3 is 5.69 Å². The van der Waals surface area contributed by atoms with Gasteiger partial charge in [0, 0.05) is 25.2 Å². The number of hydrogen-bond donors (Lipinski definition) is 1. The third-order valence-electron chi connectivity index (χ3n) is 2.23. The molecule has 0 aliphatic carbocycles. The van der Waals surface area contributed by atoms with Gasteiger partial charge in [-0.25, -0.2) is 4.98 Å². The molecule has 0 radical (unpaired) electrons. The highest BCUT2D eigenvalue weighted by atomic mass is 16.6. The molecule has 0 atom stereocenters.